The molecule has 1 aromatic heterocycles. The number of methoxy groups -OCH3 is 1. The molecule has 0 aliphatic carbocycles. The van der Waals surface area contributed by atoms with Crippen LogP contribution in [-0.2, 0) is 16.1 Å². The fourth-order valence-electron chi connectivity index (χ4n) is 1.74. The summed E-state index contributed by atoms with van der Waals surface area (Å²) >= 11 is 0. The number of ether oxygens (including phenoxy) is 1. The second kappa shape index (κ2) is 6.48. The van der Waals surface area contributed by atoms with Crippen molar-refractivity contribution in [1.29, 1.82) is 0 Å². The molecule has 0 atom stereocenters. The molecule has 1 aromatic carbocycles. The Morgan fingerprint density at radius 2 is 2.23 bits per heavy atom. The van der Waals surface area contributed by atoms with Crippen molar-refractivity contribution < 1.29 is 19.2 Å². The Morgan fingerprint density at radius 1 is 1.45 bits per heavy atom. The summed E-state index contributed by atoms with van der Waals surface area (Å²) in [6, 6.07) is 6.24. The smallest absolute Gasteiger partial charge is 0.381 e. The van der Waals surface area contributed by atoms with Crippen molar-refractivity contribution in [3.05, 3.63) is 52.5 Å². The molecule has 0 saturated carbocycles. The first-order valence-corrected chi connectivity index (χ1v) is 6.14. The predicted octanol–water partition coefficient (Wildman–Crippen LogP) is 1.22. The van der Waals surface area contributed by atoms with Gasteiger partial charge in [-0.15, -0.1) is 0 Å². The maximum Gasteiger partial charge on any atom is 0.381 e. The number of hydrogen-bond acceptors (Lipinski definition) is 6. The Balaban J connectivity index is 2.02. The summed E-state index contributed by atoms with van der Waals surface area (Å²) < 4.78 is 5.88. The lowest BCUT2D eigenvalue weighted by molar-refractivity contribution is -0.389. The molecule has 22 heavy (non-hydrogen) atoms. The molecule has 0 spiro atoms. The third-order valence-corrected chi connectivity index (χ3v) is 2.70. The number of aromatic nitrogens is 2. The van der Waals surface area contributed by atoms with Crippen molar-refractivity contribution in [2.75, 3.05) is 12.4 Å². The second-order valence-electron chi connectivity index (χ2n) is 4.28. The number of imidazole rings is 1. The lowest BCUT2D eigenvalue weighted by Crippen LogP contribution is -2.18. The Bertz CT molecular complexity index is 725. The largest absolute Gasteiger partial charge is 0.465 e. The van der Waals surface area contributed by atoms with Gasteiger partial charge in [-0.2, -0.15) is 0 Å². The first kappa shape index (κ1) is 15.2. The zero-order valence-corrected chi connectivity index (χ0v) is 11.6. The quantitative estimate of drug-likeness (QED) is 0.504. The van der Waals surface area contributed by atoms with Gasteiger partial charge in [-0.05, 0) is 28.1 Å². The second-order valence-corrected chi connectivity index (χ2v) is 4.28. The summed E-state index contributed by atoms with van der Waals surface area (Å²) in [7, 11) is 1.26. The van der Waals surface area contributed by atoms with E-state index in [0.717, 1.165) is 6.20 Å². The minimum absolute atomic E-state index is 0.136. The highest BCUT2D eigenvalue weighted by molar-refractivity contribution is 5.94. The first-order valence-electron chi connectivity index (χ1n) is 6.14. The normalized spacial score (nSPS) is 10.0. The van der Waals surface area contributed by atoms with Crippen LogP contribution in [0.1, 0.15) is 10.4 Å². The van der Waals surface area contributed by atoms with Crippen molar-refractivity contribution in [3.8, 4) is 0 Å². The summed E-state index contributed by atoms with van der Waals surface area (Å²) in [5.74, 6) is -1.25. The van der Waals surface area contributed by atoms with E-state index < -0.39 is 16.8 Å². The molecule has 2 rings (SSSR count). The highest BCUT2D eigenvalue weighted by Gasteiger charge is 2.12. The van der Waals surface area contributed by atoms with Crippen molar-refractivity contribution >= 4 is 23.4 Å². The molecule has 0 aliphatic heterocycles. The minimum Gasteiger partial charge on any atom is -0.465 e. The van der Waals surface area contributed by atoms with Crippen LogP contribution in [0.15, 0.2) is 36.8 Å². The Kier molecular flexibility index (Phi) is 4.47. The van der Waals surface area contributed by atoms with Gasteiger partial charge < -0.3 is 24.7 Å². The number of benzene rings is 1. The maximum atomic E-state index is 11.9. The minimum atomic E-state index is -0.645. The van der Waals surface area contributed by atoms with Crippen LogP contribution in [0.2, 0.25) is 0 Å². The molecule has 0 saturated heterocycles. The monoisotopic (exact) mass is 304 g/mol. The average Bonchev–Trinajstić information content (AvgIpc) is 2.95. The van der Waals surface area contributed by atoms with E-state index in [1.165, 1.54) is 24.1 Å². The van der Waals surface area contributed by atoms with Crippen LogP contribution in [-0.4, -0.2) is 33.5 Å². The number of anilines is 1. The van der Waals surface area contributed by atoms with Gasteiger partial charge >= 0.3 is 11.8 Å². The molecule has 9 nitrogen and oxygen atoms in total. The standard InChI is InChI=1S/C13H12N4O5/c1-22-13(19)9-3-2-4-10(5-9)15-12(18)7-16-6-11(14-8-16)17(20)21/h2-6,8H,7H2,1H3,(H,15,18). The van der Waals surface area contributed by atoms with E-state index in [2.05, 4.69) is 15.0 Å². The molecule has 0 fully saturated rings. The number of hydrogen-bond donors (Lipinski definition) is 1. The van der Waals surface area contributed by atoms with E-state index in [1.807, 2.05) is 0 Å². The van der Waals surface area contributed by atoms with Crippen LogP contribution in [0.4, 0.5) is 11.5 Å². The molecule has 2 aromatic rings. The van der Waals surface area contributed by atoms with Crippen molar-refractivity contribution in [3.63, 3.8) is 0 Å². The highest BCUT2D eigenvalue weighted by Crippen LogP contribution is 2.12. The van der Waals surface area contributed by atoms with Crippen LogP contribution < -0.4 is 5.32 Å². The van der Waals surface area contributed by atoms with Gasteiger partial charge in [0.15, 0.2) is 0 Å². The Hall–Kier alpha value is -3.23. The SMILES string of the molecule is COC(=O)c1cccc(NC(=O)Cn2cnc([N+](=O)[O-])c2)c1. The number of amides is 1. The van der Waals surface area contributed by atoms with Gasteiger partial charge in [0, 0.05) is 5.69 Å². The predicted molar refractivity (Wildman–Crippen MR) is 75.3 cm³/mol. The summed E-state index contributed by atoms with van der Waals surface area (Å²) in [5.41, 5.74) is 0.723. The van der Waals surface area contributed by atoms with Gasteiger partial charge in [-0.3, -0.25) is 4.79 Å². The Labute approximate surface area is 124 Å². The van der Waals surface area contributed by atoms with Gasteiger partial charge in [-0.1, -0.05) is 6.07 Å². The third kappa shape index (κ3) is 3.66. The van der Waals surface area contributed by atoms with E-state index in [-0.39, 0.29) is 12.4 Å². The molecule has 9 heteroatoms. The molecule has 0 radical (unpaired) electrons. The van der Waals surface area contributed by atoms with Crippen molar-refractivity contribution in [1.82, 2.24) is 9.55 Å². The van der Waals surface area contributed by atoms with Crippen LogP contribution in [0.25, 0.3) is 0 Å². The fraction of sp³-hybridized carbons (Fsp3) is 0.154. The van der Waals surface area contributed by atoms with E-state index in [9.17, 15) is 19.7 Å². The lowest BCUT2D eigenvalue weighted by Gasteiger charge is -2.06. The van der Waals surface area contributed by atoms with E-state index in [1.54, 1.807) is 18.2 Å². The topological polar surface area (TPSA) is 116 Å². The first-order chi connectivity index (χ1) is 10.5. The van der Waals surface area contributed by atoms with E-state index in [0.29, 0.717) is 11.3 Å². The van der Waals surface area contributed by atoms with Crippen LogP contribution in [0.3, 0.4) is 0 Å². The average molecular weight is 304 g/mol. The maximum absolute atomic E-state index is 11.9. The van der Waals surface area contributed by atoms with Gasteiger partial charge in [0.05, 0.1) is 12.7 Å². The molecule has 114 valence electrons. The van der Waals surface area contributed by atoms with Crippen LogP contribution >= 0.6 is 0 Å². The van der Waals surface area contributed by atoms with Gasteiger partial charge in [-0.25, -0.2) is 4.79 Å². The summed E-state index contributed by atoms with van der Waals surface area (Å²) in [6.07, 6.45) is 2.35. The number of esters is 1. The van der Waals surface area contributed by atoms with Gasteiger partial charge in [0.25, 0.3) is 0 Å². The van der Waals surface area contributed by atoms with E-state index >= 15 is 0 Å². The summed E-state index contributed by atoms with van der Waals surface area (Å²) in [5, 5.41) is 13.1. The molecule has 0 unspecified atom stereocenters. The molecule has 0 aliphatic rings. The number of carbonyl (C=O) groups is 2. The molecular formula is C13H12N4O5. The van der Waals surface area contributed by atoms with Gasteiger partial charge in [0.1, 0.15) is 12.7 Å². The fourth-order valence-corrected chi connectivity index (χ4v) is 1.74. The molecule has 1 N–H and O–H groups in total. The van der Waals surface area contributed by atoms with Crippen LogP contribution in [0, 0.1) is 10.1 Å². The summed E-state index contributed by atoms with van der Waals surface area (Å²) in [6.45, 7) is -0.136. The van der Waals surface area contributed by atoms with Crippen molar-refractivity contribution in [2.24, 2.45) is 0 Å². The Morgan fingerprint density at radius 3 is 2.86 bits per heavy atom. The number of nitrogens with zero attached hydrogens (tertiary/aromatic N) is 3. The zero-order valence-electron chi connectivity index (χ0n) is 11.6. The zero-order chi connectivity index (χ0) is 16.1. The van der Waals surface area contributed by atoms with Crippen LogP contribution in [0.5, 0.6) is 0 Å². The third-order valence-electron chi connectivity index (χ3n) is 2.70. The molecular weight excluding hydrogens is 292 g/mol. The number of carbonyl (C=O) groups excluding carboxylic acids is 2. The number of rotatable bonds is 5. The van der Waals surface area contributed by atoms with Gasteiger partial charge in [0.2, 0.25) is 12.2 Å². The molecule has 0 bridgehead atoms. The number of nitrogens with one attached hydrogen (secondary N) is 1. The lowest BCUT2D eigenvalue weighted by atomic mass is 10.2. The number of nitro groups is 1. The van der Waals surface area contributed by atoms with Crippen molar-refractivity contribution in [2.45, 2.75) is 6.54 Å². The van der Waals surface area contributed by atoms with E-state index in [4.69, 9.17) is 0 Å². The molecule has 1 amide bonds. The highest BCUT2D eigenvalue weighted by atomic mass is 16.6. The summed E-state index contributed by atoms with van der Waals surface area (Å²) in [4.78, 5) is 36.7. The molecule has 1 heterocycles.